The molecule has 2 aromatic rings. The van der Waals surface area contributed by atoms with E-state index in [-0.39, 0.29) is 10.8 Å². The van der Waals surface area contributed by atoms with Crippen molar-refractivity contribution < 1.29 is 22.7 Å². The first-order chi connectivity index (χ1) is 16.4. The van der Waals surface area contributed by atoms with Crippen molar-refractivity contribution in [1.82, 2.24) is 9.62 Å². The number of hydrogen-bond acceptors (Lipinski definition) is 6. The zero-order valence-electron chi connectivity index (χ0n) is 21.4. The maximum absolute atomic E-state index is 13.2. The van der Waals surface area contributed by atoms with E-state index in [1.165, 1.54) is 0 Å². The van der Waals surface area contributed by atoms with E-state index in [2.05, 4.69) is 17.6 Å². The summed E-state index contributed by atoms with van der Waals surface area (Å²) in [7, 11) is -0.455. The van der Waals surface area contributed by atoms with Gasteiger partial charge in [0, 0.05) is 24.3 Å². The zero-order chi connectivity index (χ0) is 25.8. The number of methoxy groups -OCH3 is 2. The fourth-order valence-corrected chi connectivity index (χ4v) is 5.78. The van der Waals surface area contributed by atoms with Crippen LogP contribution in [0.2, 0.25) is 0 Å². The first-order valence-electron chi connectivity index (χ1n) is 11.9. The van der Waals surface area contributed by atoms with E-state index in [9.17, 15) is 13.2 Å². The molecule has 35 heavy (non-hydrogen) atoms. The summed E-state index contributed by atoms with van der Waals surface area (Å²) in [5, 5.41) is 6.27. The molecule has 0 radical (unpaired) electrons. The molecular formula is C26H37N3O5S. The molecular weight excluding hydrogens is 466 g/mol. The van der Waals surface area contributed by atoms with Crippen molar-refractivity contribution in [2.24, 2.45) is 5.92 Å². The van der Waals surface area contributed by atoms with Crippen molar-refractivity contribution in [2.75, 3.05) is 32.6 Å². The molecule has 8 nitrogen and oxygen atoms in total. The third-order valence-electron chi connectivity index (χ3n) is 5.92. The minimum Gasteiger partial charge on any atom is -0.493 e. The lowest BCUT2D eigenvalue weighted by molar-refractivity contribution is -0.123. The molecule has 2 N–H and O–H groups in total. The second-order valence-corrected chi connectivity index (χ2v) is 12.0. The minimum atomic E-state index is -3.55. The summed E-state index contributed by atoms with van der Waals surface area (Å²) in [6, 6.07) is 11.1. The number of piperidine rings is 1. The molecule has 1 amide bonds. The normalized spacial score (nSPS) is 17.9. The lowest BCUT2D eigenvalue weighted by atomic mass is 10.0. The quantitative estimate of drug-likeness (QED) is 0.561. The molecule has 2 atom stereocenters. The van der Waals surface area contributed by atoms with E-state index in [1.807, 2.05) is 20.8 Å². The van der Waals surface area contributed by atoms with Crippen molar-refractivity contribution >= 4 is 21.6 Å². The molecule has 0 spiro atoms. The van der Waals surface area contributed by atoms with Gasteiger partial charge in [-0.05, 0) is 81.5 Å². The highest BCUT2D eigenvalue weighted by Crippen LogP contribution is 2.32. The Hall–Kier alpha value is -2.78. The molecule has 0 bridgehead atoms. The van der Waals surface area contributed by atoms with Gasteiger partial charge in [0.05, 0.1) is 19.1 Å². The van der Waals surface area contributed by atoms with Crippen LogP contribution in [0.1, 0.15) is 52.1 Å². The number of amides is 1. The minimum absolute atomic E-state index is 0.219. The molecule has 1 aliphatic rings. The molecule has 0 aliphatic carbocycles. The van der Waals surface area contributed by atoms with E-state index in [0.717, 1.165) is 12.8 Å². The molecule has 0 unspecified atom stereocenters. The molecule has 3 rings (SSSR count). The van der Waals surface area contributed by atoms with Gasteiger partial charge >= 0.3 is 0 Å². The predicted molar refractivity (Wildman–Crippen MR) is 137 cm³/mol. The lowest BCUT2D eigenvalue weighted by Crippen LogP contribution is -2.44. The monoisotopic (exact) mass is 503 g/mol. The van der Waals surface area contributed by atoms with Crippen LogP contribution in [0, 0.1) is 5.92 Å². The van der Waals surface area contributed by atoms with Crippen LogP contribution >= 0.6 is 0 Å². The number of hydrogen-bond donors (Lipinski definition) is 2. The summed E-state index contributed by atoms with van der Waals surface area (Å²) >= 11 is 0. The number of anilines is 1. The molecule has 192 valence electrons. The van der Waals surface area contributed by atoms with Gasteiger partial charge in [-0.2, -0.15) is 4.31 Å². The zero-order valence-corrected chi connectivity index (χ0v) is 22.2. The van der Waals surface area contributed by atoms with Crippen LogP contribution in [0.3, 0.4) is 0 Å². The average Bonchev–Trinajstić information content (AvgIpc) is 2.81. The number of benzene rings is 2. The smallest absolute Gasteiger partial charge is 0.247 e. The van der Waals surface area contributed by atoms with Gasteiger partial charge in [-0.1, -0.05) is 13.0 Å². The summed E-state index contributed by atoms with van der Waals surface area (Å²) in [5.41, 5.74) is 0.875. The molecule has 2 aromatic carbocycles. The van der Waals surface area contributed by atoms with E-state index >= 15 is 0 Å². The third-order valence-corrected chi connectivity index (χ3v) is 7.80. The second kappa shape index (κ2) is 10.9. The molecule has 0 aromatic heterocycles. The summed E-state index contributed by atoms with van der Waals surface area (Å²) in [6.07, 6.45) is 1.92. The van der Waals surface area contributed by atoms with Gasteiger partial charge in [0.15, 0.2) is 11.5 Å². The Morgan fingerprint density at radius 1 is 1.06 bits per heavy atom. The van der Waals surface area contributed by atoms with E-state index in [4.69, 9.17) is 9.47 Å². The fourth-order valence-electron chi connectivity index (χ4n) is 4.18. The van der Waals surface area contributed by atoms with Crippen molar-refractivity contribution in [2.45, 2.75) is 57.0 Å². The first-order valence-corrected chi connectivity index (χ1v) is 13.3. The Kier molecular flexibility index (Phi) is 8.33. The second-order valence-electron chi connectivity index (χ2n) is 10.1. The Labute approximate surface area is 209 Å². The van der Waals surface area contributed by atoms with Gasteiger partial charge in [0.2, 0.25) is 15.9 Å². The maximum Gasteiger partial charge on any atom is 0.247 e. The molecule has 1 aliphatic heterocycles. The SMILES string of the molecule is COc1ccc([C@@H](Nc2ccc(S(=O)(=O)N3CCC[C@H](C)C3)cc2)C(=O)NC(C)(C)C)cc1OC. The summed E-state index contributed by atoms with van der Waals surface area (Å²) in [6.45, 7) is 8.90. The predicted octanol–water partition coefficient (Wildman–Crippen LogP) is 4.19. The van der Waals surface area contributed by atoms with Gasteiger partial charge in [-0.3, -0.25) is 4.79 Å². The Balaban J connectivity index is 1.88. The number of ether oxygens (including phenoxy) is 2. The standard InChI is InChI=1S/C26H37N3O5S/c1-18-8-7-15-29(17-18)35(31,32)21-12-10-20(11-13-21)27-24(25(30)28-26(2,3)4)19-9-14-22(33-5)23(16-19)34-6/h9-14,16,18,24,27H,7-8,15,17H2,1-6H3,(H,28,30)/t18-,24+/m0/s1. The summed E-state index contributed by atoms with van der Waals surface area (Å²) in [5.74, 6) is 1.21. The Bertz CT molecular complexity index is 1130. The molecule has 1 heterocycles. The Morgan fingerprint density at radius 2 is 1.71 bits per heavy atom. The summed E-state index contributed by atoms with van der Waals surface area (Å²) < 4.78 is 38.5. The van der Waals surface area contributed by atoms with Gasteiger partial charge in [0.25, 0.3) is 0 Å². The van der Waals surface area contributed by atoms with Crippen LogP contribution in [0.4, 0.5) is 5.69 Å². The van der Waals surface area contributed by atoms with Crippen LogP contribution < -0.4 is 20.1 Å². The number of carbonyl (C=O) groups excluding carboxylic acids is 1. The van der Waals surface area contributed by atoms with Crippen molar-refractivity contribution in [1.29, 1.82) is 0 Å². The van der Waals surface area contributed by atoms with E-state index in [1.54, 1.807) is 61.0 Å². The van der Waals surface area contributed by atoms with Gasteiger partial charge in [-0.25, -0.2) is 8.42 Å². The summed E-state index contributed by atoms with van der Waals surface area (Å²) in [4.78, 5) is 13.5. The highest BCUT2D eigenvalue weighted by molar-refractivity contribution is 7.89. The van der Waals surface area contributed by atoms with Gasteiger partial charge in [0.1, 0.15) is 6.04 Å². The van der Waals surface area contributed by atoms with Crippen LogP contribution in [0.15, 0.2) is 47.4 Å². The van der Waals surface area contributed by atoms with Crippen LogP contribution in [-0.2, 0) is 14.8 Å². The van der Waals surface area contributed by atoms with Crippen molar-refractivity contribution in [3.05, 3.63) is 48.0 Å². The van der Waals surface area contributed by atoms with Crippen molar-refractivity contribution in [3.8, 4) is 11.5 Å². The number of nitrogens with one attached hydrogen (secondary N) is 2. The van der Waals surface area contributed by atoms with Gasteiger partial charge in [-0.15, -0.1) is 0 Å². The van der Waals surface area contributed by atoms with E-state index in [0.29, 0.717) is 41.8 Å². The topological polar surface area (TPSA) is 97.0 Å². The molecule has 9 heteroatoms. The average molecular weight is 504 g/mol. The maximum atomic E-state index is 13.2. The molecule has 1 saturated heterocycles. The number of sulfonamides is 1. The molecule has 1 fully saturated rings. The third kappa shape index (κ3) is 6.67. The van der Waals surface area contributed by atoms with Crippen LogP contribution in [0.5, 0.6) is 11.5 Å². The number of carbonyl (C=O) groups is 1. The fraction of sp³-hybridized carbons (Fsp3) is 0.500. The van der Waals surface area contributed by atoms with Crippen LogP contribution in [0.25, 0.3) is 0 Å². The van der Waals surface area contributed by atoms with Gasteiger partial charge < -0.3 is 20.1 Å². The highest BCUT2D eigenvalue weighted by Gasteiger charge is 2.29. The Morgan fingerprint density at radius 3 is 2.29 bits per heavy atom. The van der Waals surface area contributed by atoms with E-state index < -0.39 is 21.6 Å². The van der Waals surface area contributed by atoms with Crippen LogP contribution in [-0.4, -0.2) is 51.5 Å². The number of rotatable bonds is 8. The molecule has 0 saturated carbocycles. The first kappa shape index (κ1) is 26.8. The largest absolute Gasteiger partial charge is 0.493 e. The van der Waals surface area contributed by atoms with Crippen molar-refractivity contribution in [3.63, 3.8) is 0 Å². The number of nitrogens with zero attached hydrogens (tertiary/aromatic N) is 1. The highest BCUT2D eigenvalue weighted by atomic mass is 32.2. The lowest BCUT2D eigenvalue weighted by Gasteiger charge is -2.30.